The zero-order valence-electron chi connectivity index (χ0n) is 6.12. The molecule has 0 atom stereocenters. The third-order valence-corrected chi connectivity index (χ3v) is 2.02. The summed E-state index contributed by atoms with van der Waals surface area (Å²) in [5.41, 5.74) is 0.604. The van der Waals surface area contributed by atoms with Crippen molar-refractivity contribution >= 4 is 22.0 Å². The van der Waals surface area contributed by atoms with Crippen LogP contribution in [0, 0.1) is 0 Å². The highest BCUT2D eigenvalue weighted by atomic mass is 79.9. The fourth-order valence-electron chi connectivity index (χ4n) is 0.805. The summed E-state index contributed by atoms with van der Waals surface area (Å²) in [6.07, 6.45) is 1.41. The van der Waals surface area contributed by atoms with Crippen molar-refractivity contribution in [2.45, 2.75) is 6.54 Å². The van der Waals surface area contributed by atoms with Crippen molar-refractivity contribution in [1.82, 2.24) is 0 Å². The Labute approximate surface area is 77.9 Å². The lowest BCUT2D eigenvalue weighted by atomic mass is 10.2. The molecular formula is C8H6BrNO2. The molecule has 0 radical (unpaired) electrons. The van der Waals surface area contributed by atoms with Gasteiger partial charge in [0.1, 0.15) is 5.75 Å². The average Bonchev–Trinajstić information content (AvgIpc) is 2.08. The zero-order valence-corrected chi connectivity index (χ0v) is 7.71. The van der Waals surface area contributed by atoms with Crippen molar-refractivity contribution in [2.75, 3.05) is 0 Å². The minimum atomic E-state index is 0.122. The van der Waals surface area contributed by atoms with E-state index in [0.717, 1.165) is 0 Å². The van der Waals surface area contributed by atoms with Gasteiger partial charge in [-0.25, -0.2) is 9.79 Å². The second kappa shape index (κ2) is 4.04. The maximum Gasteiger partial charge on any atom is 0.235 e. The number of carbonyl (C=O) groups excluding carboxylic acids is 1. The van der Waals surface area contributed by atoms with Crippen molar-refractivity contribution in [3.63, 3.8) is 0 Å². The maximum atomic E-state index is 9.79. The van der Waals surface area contributed by atoms with Crippen LogP contribution >= 0.6 is 15.9 Å². The molecule has 1 aromatic carbocycles. The summed E-state index contributed by atoms with van der Waals surface area (Å²) in [5, 5.41) is 9.39. The number of para-hydroxylation sites is 1. The molecule has 62 valence electrons. The standard InChI is InChI=1S/C8H6BrNO2/c9-7-3-1-2-6(8(7)12)4-10-5-11/h1-3,12H,4H2. The van der Waals surface area contributed by atoms with Gasteiger partial charge in [-0.2, -0.15) is 0 Å². The van der Waals surface area contributed by atoms with E-state index in [9.17, 15) is 9.90 Å². The molecule has 0 heterocycles. The number of rotatable bonds is 2. The Hall–Kier alpha value is -1.12. The average molecular weight is 228 g/mol. The summed E-state index contributed by atoms with van der Waals surface area (Å²) < 4.78 is 0.598. The Morgan fingerprint density at radius 3 is 3.00 bits per heavy atom. The highest BCUT2D eigenvalue weighted by Crippen LogP contribution is 2.27. The van der Waals surface area contributed by atoms with Gasteiger partial charge in [0.05, 0.1) is 11.0 Å². The molecule has 0 spiro atoms. The zero-order chi connectivity index (χ0) is 8.97. The number of hydrogen-bond acceptors (Lipinski definition) is 3. The normalized spacial score (nSPS) is 9.08. The van der Waals surface area contributed by atoms with Crippen molar-refractivity contribution in [2.24, 2.45) is 4.99 Å². The lowest BCUT2D eigenvalue weighted by Gasteiger charge is -2.00. The van der Waals surface area contributed by atoms with Gasteiger partial charge in [-0.05, 0) is 22.0 Å². The fourth-order valence-corrected chi connectivity index (χ4v) is 1.21. The molecule has 0 aromatic heterocycles. The number of benzene rings is 1. The highest BCUT2D eigenvalue weighted by Gasteiger charge is 2.02. The number of halogens is 1. The van der Waals surface area contributed by atoms with Gasteiger partial charge in [-0.3, -0.25) is 0 Å². The summed E-state index contributed by atoms with van der Waals surface area (Å²) in [6.45, 7) is 0.161. The number of hydrogen-bond donors (Lipinski definition) is 1. The monoisotopic (exact) mass is 227 g/mol. The topological polar surface area (TPSA) is 49.7 Å². The van der Waals surface area contributed by atoms with Crippen LogP contribution in [0.4, 0.5) is 0 Å². The van der Waals surface area contributed by atoms with Crippen molar-refractivity contribution in [3.05, 3.63) is 28.2 Å². The van der Waals surface area contributed by atoms with Gasteiger partial charge in [-0.15, -0.1) is 0 Å². The maximum absolute atomic E-state index is 9.79. The van der Waals surface area contributed by atoms with Gasteiger partial charge >= 0.3 is 0 Å². The molecule has 0 saturated carbocycles. The summed E-state index contributed by atoms with van der Waals surface area (Å²) in [4.78, 5) is 13.1. The van der Waals surface area contributed by atoms with E-state index in [4.69, 9.17) is 0 Å². The molecular weight excluding hydrogens is 222 g/mol. The van der Waals surface area contributed by atoms with Crippen LogP contribution in [0.25, 0.3) is 0 Å². The van der Waals surface area contributed by atoms with Gasteiger partial charge in [-0.1, -0.05) is 12.1 Å². The van der Waals surface area contributed by atoms with E-state index in [2.05, 4.69) is 20.9 Å². The number of phenols is 1. The van der Waals surface area contributed by atoms with E-state index in [0.29, 0.717) is 10.0 Å². The first-order valence-corrected chi connectivity index (χ1v) is 4.05. The van der Waals surface area contributed by atoms with E-state index >= 15 is 0 Å². The Kier molecular flexibility index (Phi) is 3.02. The predicted octanol–water partition coefficient (Wildman–Crippen LogP) is 1.99. The van der Waals surface area contributed by atoms with Crippen molar-refractivity contribution in [1.29, 1.82) is 0 Å². The number of isocyanates is 1. The first-order chi connectivity index (χ1) is 5.75. The molecule has 1 N–H and O–H groups in total. The number of phenolic OH excluding ortho intramolecular Hbond substituents is 1. The molecule has 1 aromatic rings. The Morgan fingerprint density at radius 2 is 2.33 bits per heavy atom. The van der Waals surface area contributed by atoms with Crippen LogP contribution in [0.2, 0.25) is 0 Å². The SMILES string of the molecule is O=C=NCc1cccc(Br)c1O. The van der Waals surface area contributed by atoms with Gasteiger partial charge in [0.25, 0.3) is 0 Å². The van der Waals surface area contributed by atoms with Gasteiger partial charge in [0.2, 0.25) is 6.08 Å². The molecule has 4 heteroatoms. The van der Waals surface area contributed by atoms with Crippen molar-refractivity contribution in [3.8, 4) is 5.75 Å². The van der Waals surface area contributed by atoms with Crippen LogP contribution in [-0.4, -0.2) is 11.2 Å². The van der Waals surface area contributed by atoms with E-state index < -0.39 is 0 Å². The first kappa shape index (κ1) is 8.97. The van der Waals surface area contributed by atoms with Crippen LogP contribution in [0.1, 0.15) is 5.56 Å². The number of aliphatic imine (C=N–C) groups is 1. The minimum Gasteiger partial charge on any atom is -0.506 e. The van der Waals surface area contributed by atoms with E-state index in [1.54, 1.807) is 18.2 Å². The third kappa shape index (κ3) is 1.94. The summed E-state index contributed by atoms with van der Waals surface area (Å²) >= 11 is 3.15. The summed E-state index contributed by atoms with van der Waals surface area (Å²) in [6, 6.07) is 5.17. The largest absolute Gasteiger partial charge is 0.506 e. The molecule has 0 aliphatic heterocycles. The second-order valence-corrected chi connectivity index (χ2v) is 3.01. The van der Waals surface area contributed by atoms with Crippen LogP contribution in [-0.2, 0) is 11.3 Å². The Morgan fingerprint density at radius 1 is 1.58 bits per heavy atom. The number of nitrogens with zero attached hydrogens (tertiary/aromatic N) is 1. The molecule has 0 fully saturated rings. The molecule has 0 aliphatic carbocycles. The Balaban J connectivity index is 2.99. The van der Waals surface area contributed by atoms with Crippen LogP contribution in [0.5, 0.6) is 5.75 Å². The first-order valence-electron chi connectivity index (χ1n) is 3.25. The quantitative estimate of drug-likeness (QED) is 0.621. The van der Waals surface area contributed by atoms with Crippen LogP contribution in [0.15, 0.2) is 27.7 Å². The van der Waals surface area contributed by atoms with Crippen LogP contribution < -0.4 is 0 Å². The lowest BCUT2D eigenvalue weighted by Crippen LogP contribution is -1.82. The fraction of sp³-hybridized carbons (Fsp3) is 0.125. The smallest absolute Gasteiger partial charge is 0.235 e. The molecule has 1 rings (SSSR count). The Bertz CT molecular complexity index is 332. The van der Waals surface area contributed by atoms with Gasteiger partial charge in [0.15, 0.2) is 0 Å². The van der Waals surface area contributed by atoms with Gasteiger partial charge < -0.3 is 5.11 Å². The summed E-state index contributed by atoms with van der Waals surface area (Å²) in [7, 11) is 0. The predicted molar refractivity (Wildman–Crippen MR) is 47.6 cm³/mol. The van der Waals surface area contributed by atoms with E-state index in [1.165, 1.54) is 6.08 Å². The molecule has 0 unspecified atom stereocenters. The van der Waals surface area contributed by atoms with E-state index in [1.807, 2.05) is 0 Å². The van der Waals surface area contributed by atoms with E-state index in [-0.39, 0.29) is 12.3 Å². The molecule has 0 saturated heterocycles. The second-order valence-electron chi connectivity index (χ2n) is 2.16. The summed E-state index contributed by atoms with van der Waals surface area (Å²) in [5.74, 6) is 0.122. The molecule has 0 amide bonds. The number of aromatic hydroxyl groups is 1. The van der Waals surface area contributed by atoms with Gasteiger partial charge in [0, 0.05) is 5.56 Å². The highest BCUT2D eigenvalue weighted by molar-refractivity contribution is 9.10. The molecule has 3 nitrogen and oxygen atoms in total. The minimum absolute atomic E-state index is 0.122. The third-order valence-electron chi connectivity index (χ3n) is 1.38. The molecule has 12 heavy (non-hydrogen) atoms. The van der Waals surface area contributed by atoms with Crippen molar-refractivity contribution < 1.29 is 9.90 Å². The molecule has 0 aliphatic rings. The van der Waals surface area contributed by atoms with Crippen LogP contribution in [0.3, 0.4) is 0 Å². The molecule has 0 bridgehead atoms. The lowest BCUT2D eigenvalue weighted by molar-refractivity contribution is 0.465.